The molecule has 0 aliphatic heterocycles. The summed E-state index contributed by atoms with van der Waals surface area (Å²) < 4.78 is 0. The molecule has 104 valence electrons. The fourth-order valence-electron chi connectivity index (χ4n) is 2.27. The van der Waals surface area contributed by atoms with Gasteiger partial charge in [0.1, 0.15) is 0 Å². The summed E-state index contributed by atoms with van der Waals surface area (Å²) in [5.74, 6) is 0.323. The zero-order chi connectivity index (χ0) is 14.4. The number of para-hydroxylation sites is 1. The molecule has 0 aliphatic rings. The lowest BCUT2D eigenvalue weighted by Crippen LogP contribution is -2.31. The van der Waals surface area contributed by atoms with Gasteiger partial charge >= 0.3 is 0 Å². The Kier molecular flexibility index (Phi) is 4.88. The quantitative estimate of drug-likeness (QED) is 0.829. The SMILES string of the molecule is CCN(C(=O)CC(C)c1cccnc1)c1ccccc1. The zero-order valence-electron chi connectivity index (χ0n) is 12.0. The zero-order valence-corrected chi connectivity index (χ0v) is 12.0. The summed E-state index contributed by atoms with van der Waals surface area (Å²) in [6, 6.07) is 13.7. The molecule has 0 saturated carbocycles. The van der Waals surface area contributed by atoms with Crippen LogP contribution in [0.4, 0.5) is 5.69 Å². The number of hydrogen-bond donors (Lipinski definition) is 0. The Morgan fingerprint density at radius 2 is 1.95 bits per heavy atom. The molecule has 2 rings (SSSR count). The van der Waals surface area contributed by atoms with E-state index < -0.39 is 0 Å². The van der Waals surface area contributed by atoms with Crippen LogP contribution in [0.3, 0.4) is 0 Å². The van der Waals surface area contributed by atoms with Crippen LogP contribution in [-0.4, -0.2) is 17.4 Å². The van der Waals surface area contributed by atoms with Crippen molar-refractivity contribution in [2.45, 2.75) is 26.2 Å². The van der Waals surface area contributed by atoms with Gasteiger partial charge in [0.05, 0.1) is 0 Å². The third-order valence-corrected chi connectivity index (χ3v) is 3.42. The molecule has 0 fully saturated rings. The molecule has 0 spiro atoms. The van der Waals surface area contributed by atoms with Gasteiger partial charge in [-0.2, -0.15) is 0 Å². The monoisotopic (exact) mass is 268 g/mol. The van der Waals surface area contributed by atoms with Crippen molar-refractivity contribution in [1.82, 2.24) is 4.98 Å². The van der Waals surface area contributed by atoms with Crippen LogP contribution in [0, 0.1) is 0 Å². The van der Waals surface area contributed by atoms with Gasteiger partial charge in [-0.25, -0.2) is 0 Å². The van der Waals surface area contributed by atoms with E-state index in [1.54, 1.807) is 6.20 Å². The molecule has 0 aliphatic carbocycles. The van der Waals surface area contributed by atoms with Crippen molar-refractivity contribution in [3.63, 3.8) is 0 Å². The Hall–Kier alpha value is -2.16. The van der Waals surface area contributed by atoms with Gasteiger partial charge in [-0.3, -0.25) is 9.78 Å². The van der Waals surface area contributed by atoms with Crippen LogP contribution >= 0.6 is 0 Å². The summed E-state index contributed by atoms with van der Waals surface area (Å²) in [7, 11) is 0. The number of nitrogens with zero attached hydrogens (tertiary/aromatic N) is 2. The van der Waals surface area contributed by atoms with Crippen LogP contribution in [0.25, 0.3) is 0 Å². The van der Waals surface area contributed by atoms with Gasteiger partial charge < -0.3 is 4.90 Å². The number of amides is 1. The van der Waals surface area contributed by atoms with E-state index in [-0.39, 0.29) is 11.8 Å². The highest BCUT2D eigenvalue weighted by atomic mass is 16.2. The first-order valence-electron chi connectivity index (χ1n) is 6.97. The molecular formula is C17H20N2O. The highest BCUT2D eigenvalue weighted by Gasteiger charge is 2.17. The van der Waals surface area contributed by atoms with Crippen molar-refractivity contribution in [3.8, 4) is 0 Å². The first-order chi connectivity index (χ1) is 9.72. The molecule has 1 unspecified atom stereocenters. The van der Waals surface area contributed by atoms with E-state index in [2.05, 4.69) is 11.9 Å². The number of anilines is 1. The van der Waals surface area contributed by atoms with Crippen molar-refractivity contribution in [1.29, 1.82) is 0 Å². The van der Waals surface area contributed by atoms with Crippen LogP contribution in [0.2, 0.25) is 0 Å². The van der Waals surface area contributed by atoms with E-state index in [0.29, 0.717) is 13.0 Å². The topological polar surface area (TPSA) is 33.2 Å². The third-order valence-electron chi connectivity index (χ3n) is 3.42. The minimum absolute atomic E-state index is 0.148. The van der Waals surface area contributed by atoms with E-state index in [1.165, 1.54) is 0 Å². The minimum Gasteiger partial charge on any atom is -0.313 e. The van der Waals surface area contributed by atoms with E-state index in [9.17, 15) is 4.79 Å². The number of pyridine rings is 1. The van der Waals surface area contributed by atoms with E-state index in [1.807, 2.05) is 60.5 Å². The Bertz CT molecular complexity index is 539. The number of rotatable bonds is 5. The maximum atomic E-state index is 12.5. The minimum atomic E-state index is 0.148. The maximum absolute atomic E-state index is 12.5. The molecule has 2 aromatic rings. The lowest BCUT2D eigenvalue weighted by Gasteiger charge is -2.23. The molecule has 1 aromatic heterocycles. The number of carbonyl (C=O) groups is 1. The van der Waals surface area contributed by atoms with Gasteiger partial charge in [-0.15, -0.1) is 0 Å². The second-order valence-corrected chi connectivity index (χ2v) is 4.87. The summed E-state index contributed by atoms with van der Waals surface area (Å²) >= 11 is 0. The van der Waals surface area contributed by atoms with Crippen LogP contribution in [0.5, 0.6) is 0 Å². The fraction of sp³-hybridized carbons (Fsp3) is 0.294. The van der Waals surface area contributed by atoms with E-state index in [4.69, 9.17) is 0 Å². The molecule has 0 bridgehead atoms. The highest BCUT2D eigenvalue weighted by Crippen LogP contribution is 2.21. The normalized spacial score (nSPS) is 11.9. The largest absolute Gasteiger partial charge is 0.313 e. The first kappa shape index (κ1) is 14.3. The van der Waals surface area contributed by atoms with Gasteiger partial charge in [0.15, 0.2) is 0 Å². The van der Waals surface area contributed by atoms with Gasteiger partial charge in [0.2, 0.25) is 5.91 Å². The second kappa shape index (κ2) is 6.85. The fourth-order valence-corrected chi connectivity index (χ4v) is 2.27. The Morgan fingerprint density at radius 1 is 1.20 bits per heavy atom. The summed E-state index contributed by atoms with van der Waals surface area (Å²) in [4.78, 5) is 18.4. The van der Waals surface area contributed by atoms with Gasteiger partial charge in [0, 0.05) is 31.0 Å². The number of benzene rings is 1. The standard InChI is InChI=1S/C17H20N2O/c1-3-19(16-9-5-4-6-10-16)17(20)12-14(2)15-8-7-11-18-13-15/h4-11,13-14H,3,12H2,1-2H3. The molecule has 3 nitrogen and oxygen atoms in total. The van der Waals surface area contributed by atoms with Gasteiger partial charge in [-0.1, -0.05) is 31.2 Å². The van der Waals surface area contributed by atoms with Crippen molar-refractivity contribution in [2.75, 3.05) is 11.4 Å². The molecule has 0 N–H and O–H groups in total. The van der Waals surface area contributed by atoms with E-state index in [0.717, 1.165) is 11.3 Å². The van der Waals surface area contributed by atoms with E-state index >= 15 is 0 Å². The molecular weight excluding hydrogens is 248 g/mol. The van der Waals surface area contributed by atoms with Crippen molar-refractivity contribution in [3.05, 3.63) is 60.4 Å². The van der Waals surface area contributed by atoms with Crippen LogP contribution in [-0.2, 0) is 4.79 Å². The summed E-state index contributed by atoms with van der Waals surface area (Å²) in [5.41, 5.74) is 2.06. The second-order valence-electron chi connectivity index (χ2n) is 4.87. The molecule has 1 amide bonds. The average Bonchev–Trinajstić information content (AvgIpc) is 2.50. The first-order valence-corrected chi connectivity index (χ1v) is 6.97. The van der Waals surface area contributed by atoms with Crippen molar-refractivity contribution < 1.29 is 4.79 Å². The molecule has 3 heteroatoms. The lowest BCUT2D eigenvalue weighted by molar-refractivity contribution is -0.118. The Morgan fingerprint density at radius 3 is 2.55 bits per heavy atom. The summed E-state index contributed by atoms with van der Waals surface area (Å²) in [6.45, 7) is 4.75. The maximum Gasteiger partial charge on any atom is 0.227 e. The predicted octanol–water partition coefficient (Wildman–Crippen LogP) is 3.63. The third kappa shape index (κ3) is 3.44. The van der Waals surface area contributed by atoms with Crippen LogP contribution in [0.15, 0.2) is 54.9 Å². The molecule has 0 radical (unpaired) electrons. The van der Waals surface area contributed by atoms with Gasteiger partial charge in [0.25, 0.3) is 0 Å². The van der Waals surface area contributed by atoms with Gasteiger partial charge in [-0.05, 0) is 36.6 Å². The molecule has 1 heterocycles. The van der Waals surface area contributed by atoms with Crippen molar-refractivity contribution in [2.24, 2.45) is 0 Å². The number of aromatic nitrogens is 1. The number of carbonyl (C=O) groups excluding carboxylic acids is 1. The van der Waals surface area contributed by atoms with Crippen LogP contribution < -0.4 is 4.90 Å². The average molecular weight is 268 g/mol. The molecule has 20 heavy (non-hydrogen) atoms. The Balaban J connectivity index is 2.07. The molecule has 1 aromatic carbocycles. The van der Waals surface area contributed by atoms with Crippen molar-refractivity contribution >= 4 is 11.6 Å². The predicted molar refractivity (Wildman–Crippen MR) is 81.7 cm³/mol. The molecule has 1 atom stereocenters. The smallest absolute Gasteiger partial charge is 0.227 e. The Labute approximate surface area is 120 Å². The highest BCUT2D eigenvalue weighted by molar-refractivity contribution is 5.93. The summed E-state index contributed by atoms with van der Waals surface area (Å²) in [5, 5.41) is 0. The molecule has 0 saturated heterocycles. The van der Waals surface area contributed by atoms with Crippen LogP contribution in [0.1, 0.15) is 31.7 Å². The number of hydrogen-bond acceptors (Lipinski definition) is 2. The lowest BCUT2D eigenvalue weighted by atomic mass is 9.99. The summed E-state index contributed by atoms with van der Waals surface area (Å²) in [6.07, 6.45) is 4.07.